The molecule has 72 valence electrons. The van der Waals surface area contributed by atoms with Crippen LogP contribution in [0.25, 0.3) is 10.4 Å². The summed E-state index contributed by atoms with van der Waals surface area (Å²) in [7, 11) is 0. The van der Waals surface area contributed by atoms with E-state index in [0.29, 0.717) is 10.0 Å². The third-order valence-electron chi connectivity index (χ3n) is 1.94. The topological polar surface area (TPSA) is 0 Å². The Balaban J connectivity index is 2.61. The van der Waals surface area contributed by atoms with Crippen LogP contribution in [-0.2, 0) is 0 Å². The second-order valence-corrected chi connectivity index (χ2v) is 4.81. The third kappa shape index (κ3) is 1.81. The normalized spacial score (nSPS) is 10.5. The molecule has 0 bridgehead atoms. The average Bonchev–Trinajstić information content (AvgIpc) is 2.51. The summed E-state index contributed by atoms with van der Waals surface area (Å²) >= 11 is 13.9. The van der Waals surface area contributed by atoms with Gasteiger partial charge in [-0.05, 0) is 36.1 Å². The van der Waals surface area contributed by atoms with Crippen LogP contribution in [0.1, 0.15) is 5.56 Å². The Kier molecular flexibility index (Phi) is 2.82. The van der Waals surface area contributed by atoms with Crippen LogP contribution in [0.2, 0.25) is 10.0 Å². The van der Waals surface area contributed by atoms with Gasteiger partial charge >= 0.3 is 0 Å². The highest BCUT2D eigenvalue weighted by atomic mass is 35.5. The zero-order valence-corrected chi connectivity index (χ0v) is 9.88. The molecule has 0 spiro atoms. The van der Waals surface area contributed by atoms with Crippen LogP contribution in [0.5, 0.6) is 0 Å². The molecule has 0 fully saturated rings. The summed E-state index contributed by atoms with van der Waals surface area (Å²) in [5, 5.41) is 3.51. The molecular weight excluding hydrogens is 235 g/mol. The van der Waals surface area contributed by atoms with E-state index in [1.165, 1.54) is 5.56 Å². The molecule has 0 aliphatic heterocycles. The third-order valence-corrected chi connectivity index (χ3v) is 3.64. The first-order valence-corrected chi connectivity index (χ1v) is 5.81. The van der Waals surface area contributed by atoms with E-state index in [1.807, 2.05) is 18.2 Å². The molecule has 0 radical (unpaired) electrons. The molecule has 2 rings (SSSR count). The van der Waals surface area contributed by atoms with Crippen LogP contribution in [0, 0.1) is 6.92 Å². The molecule has 0 unspecified atom stereocenters. The molecule has 0 saturated heterocycles. The van der Waals surface area contributed by atoms with Crippen molar-refractivity contribution in [1.82, 2.24) is 0 Å². The molecule has 0 amide bonds. The molecule has 14 heavy (non-hydrogen) atoms. The average molecular weight is 243 g/mol. The lowest BCUT2D eigenvalue weighted by Crippen LogP contribution is -1.76. The molecule has 1 heterocycles. The SMILES string of the molecule is Cc1csc(-c2c(Cl)cccc2Cl)c1. The highest BCUT2D eigenvalue weighted by Gasteiger charge is 2.09. The summed E-state index contributed by atoms with van der Waals surface area (Å²) in [6, 6.07) is 7.67. The Hall–Kier alpha value is -0.500. The number of hydrogen-bond acceptors (Lipinski definition) is 1. The summed E-state index contributed by atoms with van der Waals surface area (Å²) in [4.78, 5) is 1.12. The molecular formula is C11H8Cl2S. The molecule has 2 aromatic rings. The van der Waals surface area contributed by atoms with Crippen molar-refractivity contribution in [3.63, 3.8) is 0 Å². The predicted octanol–water partition coefficient (Wildman–Crippen LogP) is 5.03. The fraction of sp³-hybridized carbons (Fsp3) is 0.0909. The van der Waals surface area contributed by atoms with E-state index in [4.69, 9.17) is 23.2 Å². The van der Waals surface area contributed by atoms with Crippen LogP contribution >= 0.6 is 34.5 Å². The number of hydrogen-bond donors (Lipinski definition) is 0. The van der Waals surface area contributed by atoms with Gasteiger partial charge in [0.15, 0.2) is 0 Å². The lowest BCUT2D eigenvalue weighted by molar-refractivity contribution is 1.55. The summed E-state index contributed by atoms with van der Waals surface area (Å²) in [5.41, 5.74) is 2.18. The van der Waals surface area contributed by atoms with E-state index in [0.717, 1.165) is 10.4 Å². The molecule has 0 saturated carbocycles. The first-order valence-electron chi connectivity index (χ1n) is 4.18. The second kappa shape index (κ2) is 3.93. The molecule has 1 aromatic heterocycles. The van der Waals surface area contributed by atoms with Crippen molar-refractivity contribution in [3.8, 4) is 10.4 Å². The van der Waals surface area contributed by atoms with E-state index >= 15 is 0 Å². The van der Waals surface area contributed by atoms with E-state index < -0.39 is 0 Å². The number of thiophene rings is 1. The van der Waals surface area contributed by atoms with Gasteiger partial charge in [-0.15, -0.1) is 11.3 Å². The van der Waals surface area contributed by atoms with Crippen LogP contribution in [0.4, 0.5) is 0 Å². The van der Waals surface area contributed by atoms with Crippen LogP contribution in [0.15, 0.2) is 29.6 Å². The Morgan fingerprint density at radius 2 is 1.79 bits per heavy atom. The highest BCUT2D eigenvalue weighted by Crippen LogP contribution is 2.37. The van der Waals surface area contributed by atoms with Crippen LogP contribution < -0.4 is 0 Å². The number of aryl methyl sites for hydroxylation is 1. The van der Waals surface area contributed by atoms with Gasteiger partial charge in [0.1, 0.15) is 0 Å². The van der Waals surface area contributed by atoms with Crippen molar-refractivity contribution in [1.29, 1.82) is 0 Å². The molecule has 3 heteroatoms. The Morgan fingerprint density at radius 3 is 2.29 bits per heavy atom. The fourth-order valence-electron chi connectivity index (χ4n) is 1.30. The summed E-state index contributed by atoms with van der Waals surface area (Å²) in [6.45, 7) is 2.06. The van der Waals surface area contributed by atoms with Crippen molar-refractivity contribution in [2.24, 2.45) is 0 Å². The zero-order chi connectivity index (χ0) is 10.1. The van der Waals surface area contributed by atoms with Crippen LogP contribution in [0.3, 0.4) is 0 Å². The van der Waals surface area contributed by atoms with Gasteiger partial charge in [0, 0.05) is 10.4 Å². The number of rotatable bonds is 1. The monoisotopic (exact) mass is 242 g/mol. The minimum atomic E-state index is 0.708. The maximum Gasteiger partial charge on any atom is 0.0507 e. The van der Waals surface area contributed by atoms with Gasteiger partial charge < -0.3 is 0 Å². The van der Waals surface area contributed by atoms with Gasteiger partial charge in [-0.2, -0.15) is 0 Å². The second-order valence-electron chi connectivity index (χ2n) is 3.08. The maximum atomic E-state index is 6.10. The van der Waals surface area contributed by atoms with Crippen molar-refractivity contribution >= 4 is 34.5 Å². The summed E-state index contributed by atoms with van der Waals surface area (Å²) < 4.78 is 0. The van der Waals surface area contributed by atoms with Gasteiger partial charge in [0.2, 0.25) is 0 Å². The lowest BCUT2D eigenvalue weighted by atomic mass is 10.2. The van der Waals surface area contributed by atoms with E-state index in [1.54, 1.807) is 11.3 Å². The van der Waals surface area contributed by atoms with Crippen molar-refractivity contribution in [2.75, 3.05) is 0 Å². The van der Waals surface area contributed by atoms with Gasteiger partial charge in [0.05, 0.1) is 10.0 Å². The molecule has 0 N–H and O–H groups in total. The minimum Gasteiger partial charge on any atom is -0.143 e. The van der Waals surface area contributed by atoms with Gasteiger partial charge in [-0.3, -0.25) is 0 Å². The van der Waals surface area contributed by atoms with Crippen LogP contribution in [-0.4, -0.2) is 0 Å². The highest BCUT2D eigenvalue weighted by molar-refractivity contribution is 7.13. The first-order chi connectivity index (χ1) is 6.68. The van der Waals surface area contributed by atoms with Gasteiger partial charge in [0.25, 0.3) is 0 Å². The Morgan fingerprint density at radius 1 is 1.14 bits per heavy atom. The fourth-order valence-corrected chi connectivity index (χ4v) is 2.98. The van der Waals surface area contributed by atoms with Crippen molar-refractivity contribution in [2.45, 2.75) is 6.92 Å². The summed E-state index contributed by atoms with van der Waals surface area (Å²) in [6.07, 6.45) is 0. The Labute approximate surface area is 97.1 Å². The molecule has 0 aliphatic carbocycles. The lowest BCUT2D eigenvalue weighted by Gasteiger charge is -2.03. The van der Waals surface area contributed by atoms with E-state index in [-0.39, 0.29) is 0 Å². The van der Waals surface area contributed by atoms with Gasteiger partial charge in [-0.1, -0.05) is 29.3 Å². The Bertz CT molecular complexity index is 440. The van der Waals surface area contributed by atoms with Gasteiger partial charge in [-0.25, -0.2) is 0 Å². The molecule has 0 aliphatic rings. The smallest absolute Gasteiger partial charge is 0.0507 e. The van der Waals surface area contributed by atoms with E-state index in [9.17, 15) is 0 Å². The number of benzene rings is 1. The first kappa shape index (κ1) is 10.0. The maximum absolute atomic E-state index is 6.10. The zero-order valence-electron chi connectivity index (χ0n) is 7.55. The van der Waals surface area contributed by atoms with E-state index in [2.05, 4.69) is 18.4 Å². The minimum absolute atomic E-state index is 0.708. The van der Waals surface area contributed by atoms with Crippen molar-refractivity contribution in [3.05, 3.63) is 45.3 Å². The number of halogens is 2. The molecule has 1 aromatic carbocycles. The molecule has 0 atom stereocenters. The molecule has 0 nitrogen and oxygen atoms in total. The standard InChI is InChI=1S/C11H8Cl2S/c1-7-5-10(14-6-7)11-8(12)3-2-4-9(11)13/h2-6H,1H3. The quantitative estimate of drug-likeness (QED) is 0.658. The predicted molar refractivity (Wildman–Crippen MR) is 64.5 cm³/mol. The van der Waals surface area contributed by atoms with Crippen molar-refractivity contribution < 1.29 is 0 Å². The summed E-state index contributed by atoms with van der Waals surface area (Å²) in [5.74, 6) is 0. The largest absolute Gasteiger partial charge is 0.143 e.